The molecular weight excluding hydrogens is 198 g/mol. The number of hydrogen-bond donors (Lipinski definition) is 1. The quantitative estimate of drug-likeness (QED) is 0.580. The van der Waals surface area contributed by atoms with Gasteiger partial charge in [-0.3, -0.25) is 0 Å². The van der Waals surface area contributed by atoms with Crippen molar-refractivity contribution >= 4 is 11.8 Å². The van der Waals surface area contributed by atoms with Crippen LogP contribution in [0, 0.1) is 6.92 Å². The minimum absolute atomic E-state index is 0.460. The molecule has 0 radical (unpaired) electrons. The molecule has 0 aromatic carbocycles. The smallest absolute Gasteiger partial charge is 0.276 e. The first-order valence-electron chi connectivity index (χ1n) is 4.90. The predicted octanol–water partition coefficient (Wildman–Crippen LogP) is 1.86. The Morgan fingerprint density at radius 1 is 1.50 bits per heavy atom. The van der Waals surface area contributed by atoms with Crippen molar-refractivity contribution in [2.45, 2.75) is 37.7 Å². The fourth-order valence-electron chi connectivity index (χ4n) is 1.02. The largest absolute Gasteiger partial charge is 0.416 e. The summed E-state index contributed by atoms with van der Waals surface area (Å²) >= 11 is 1.61. The summed E-state index contributed by atoms with van der Waals surface area (Å²) in [7, 11) is 0. The third kappa shape index (κ3) is 4.11. The van der Waals surface area contributed by atoms with Crippen molar-refractivity contribution in [3.05, 3.63) is 5.89 Å². The molecule has 1 atom stereocenters. The van der Waals surface area contributed by atoms with Gasteiger partial charge in [0.15, 0.2) is 0 Å². The molecule has 0 spiro atoms. The monoisotopic (exact) mass is 215 g/mol. The minimum atomic E-state index is 0.460. The van der Waals surface area contributed by atoms with Gasteiger partial charge in [0.25, 0.3) is 5.22 Å². The molecule has 80 valence electrons. The highest BCUT2D eigenvalue weighted by atomic mass is 32.2. The van der Waals surface area contributed by atoms with E-state index >= 15 is 0 Å². The van der Waals surface area contributed by atoms with Crippen LogP contribution in [0.4, 0.5) is 0 Å². The zero-order valence-corrected chi connectivity index (χ0v) is 9.73. The van der Waals surface area contributed by atoms with Gasteiger partial charge in [0.05, 0.1) is 0 Å². The van der Waals surface area contributed by atoms with E-state index in [2.05, 4.69) is 29.4 Å². The summed E-state index contributed by atoms with van der Waals surface area (Å²) in [6.07, 6.45) is 1.16. The van der Waals surface area contributed by atoms with Gasteiger partial charge in [0.2, 0.25) is 5.89 Å². The van der Waals surface area contributed by atoms with Gasteiger partial charge >= 0.3 is 0 Å². The summed E-state index contributed by atoms with van der Waals surface area (Å²) in [5, 5.41) is 12.2. The van der Waals surface area contributed by atoms with Gasteiger partial charge in [-0.2, -0.15) is 0 Å². The molecule has 0 saturated carbocycles. The van der Waals surface area contributed by atoms with E-state index in [1.807, 2.05) is 0 Å². The molecular formula is C9H17N3OS. The fourth-order valence-corrected chi connectivity index (χ4v) is 1.82. The number of hydrogen-bond acceptors (Lipinski definition) is 5. The molecule has 0 aliphatic carbocycles. The van der Waals surface area contributed by atoms with Crippen LogP contribution in [-0.4, -0.2) is 28.5 Å². The lowest BCUT2D eigenvalue weighted by Gasteiger charge is -2.08. The van der Waals surface area contributed by atoms with E-state index in [0.29, 0.717) is 16.4 Å². The normalized spacial score (nSPS) is 13.1. The van der Waals surface area contributed by atoms with Crippen LogP contribution in [0.25, 0.3) is 0 Å². The molecule has 0 fully saturated rings. The standard InChI is InChI=1S/C9H17N3OS/c1-4-5-10-6-7(2)14-9-12-11-8(3)13-9/h7,10H,4-6H2,1-3H3. The van der Waals surface area contributed by atoms with Crippen molar-refractivity contribution in [1.29, 1.82) is 0 Å². The van der Waals surface area contributed by atoms with E-state index in [1.54, 1.807) is 18.7 Å². The first-order valence-corrected chi connectivity index (χ1v) is 5.77. The molecule has 0 aliphatic heterocycles. The van der Waals surface area contributed by atoms with Crippen molar-refractivity contribution in [3.8, 4) is 0 Å². The maximum Gasteiger partial charge on any atom is 0.276 e. The Labute approximate surface area is 88.9 Å². The Morgan fingerprint density at radius 3 is 2.86 bits per heavy atom. The molecule has 0 bridgehead atoms. The summed E-state index contributed by atoms with van der Waals surface area (Å²) in [5.74, 6) is 0.626. The molecule has 1 unspecified atom stereocenters. The molecule has 1 aromatic heterocycles. The Kier molecular flexibility index (Phi) is 4.97. The van der Waals surface area contributed by atoms with Gasteiger partial charge in [0.1, 0.15) is 0 Å². The third-order valence-electron chi connectivity index (χ3n) is 1.67. The minimum Gasteiger partial charge on any atom is -0.416 e. The molecule has 4 nitrogen and oxygen atoms in total. The first kappa shape index (κ1) is 11.5. The Balaban J connectivity index is 2.23. The third-order valence-corrected chi connectivity index (χ3v) is 2.60. The van der Waals surface area contributed by atoms with Crippen molar-refractivity contribution in [2.75, 3.05) is 13.1 Å². The molecule has 1 aromatic rings. The van der Waals surface area contributed by atoms with Gasteiger partial charge in [-0.05, 0) is 13.0 Å². The lowest BCUT2D eigenvalue weighted by Crippen LogP contribution is -2.23. The van der Waals surface area contributed by atoms with Gasteiger partial charge in [-0.15, -0.1) is 10.2 Å². The lowest BCUT2D eigenvalue weighted by molar-refractivity contribution is 0.428. The van der Waals surface area contributed by atoms with E-state index in [0.717, 1.165) is 19.5 Å². The van der Waals surface area contributed by atoms with Crippen molar-refractivity contribution in [1.82, 2.24) is 15.5 Å². The van der Waals surface area contributed by atoms with E-state index in [4.69, 9.17) is 4.42 Å². The van der Waals surface area contributed by atoms with E-state index in [1.165, 1.54) is 0 Å². The second kappa shape index (κ2) is 6.03. The number of nitrogens with one attached hydrogen (secondary N) is 1. The molecule has 1 heterocycles. The zero-order valence-electron chi connectivity index (χ0n) is 8.91. The van der Waals surface area contributed by atoms with Gasteiger partial charge < -0.3 is 9.73 Å². The SMILES string of the molecule is CCCNCC(C)Sc1nnc(C)o1. The molecule has 14 heavy (non-hydrogen) atoms. The Bertz CT molecular complexity index is 264. The lowest BCUT2D eigenvalue weighted by atomic mass is 10.4. The maximum absolute atomic E-state index is 5.27. The van der Waals surface area contributed by atoms with Gasteiger partial charge in [-0.25, -0.2) is 0 Å². The molecule has 0 amide bonds. The second-order valence-corrected chi connectivity index (χ2v) is 4.61. The van der Waals surface area contributed by atoms with Crippen LogP contribution in [0.1, 0.15) is 26.2 Å². The Morgan fingerprint density at radius 2 is 2.29 bits per heavy atom. The van der Waals surface area contributed by atoms with Crippen LogP contribution in [0.15, 0.2) is 9.64 Å². The van der Waals surface area contributed by atoms with Crippen molar-refractivity contribution in [2.24, 2.45) is 0 Å². The molecule has 1 N–H and O–H groups in total. The number of nitrogens with zero attached hydrogens (tertiary/aromatic N) is 2. The van der Waals surface area contributed by atoms with Crippen LogP contribution in [0.5, 0.6) is 0 Å². The highest BCUT2D eigenvalue weighted by Crippen LogP contribution is 2.20. The van der Waals surface area contributed by atoms with Crippen molar-refractivity contribution in [3.63, 3.8) is 0 Å². The van der Waals surface area contributed by atoms with E-state index < -0.39 is 0 Å². The van der Waals surface area contributed by atoms with Gasteiger partial charge in [0, 0.05) is 18.7 Å². The molecule has 0 aliphatic rings. The molecule has 0 saturated heterocycles. The summed E-state index contributed by atoms with van der Waals surface area (Å²) in [5.41, 5.74) is 0. The molecule has 1 rings (SSSR count). The first-order chi connectivity index (χ1) is 6.72. The topological polar surface area (TPSA) is 51.0 Å². The fraction of sp³-hybridized carbons (Fsp3) is 0.778. The summed E-state index contributed by atoms with van der Waals surface area (Å²) in [6, 6.07) is 0. The highest BCUT2D eigenvalue weighted by molar-refractivity contribution is 7.99. The summed E-state index contributed by atoms with van der Waals surface area (Å²) in [6.45, 7) is 8.14. The maximum atomic E-state index is 5.27. The number of aromatic nitrogens is 2. The van der Waals surface area contributed by atoms with E-state index in [-0.39, 0.29) is 0 Å². The average Bonchev–Trinajstić information content (AvgIpc) is 2.52. The summed E-state index contributed by atoms with van der Waals surface area (Å²) in [4.78, 5) is 0. The number of aryl methyl sites for hydroxylation is 1. The number of rotatable bonds is 6. The van der Waals surface area contributed by atoms with Crippen LogP contribution < -0.4 is 5.32 Å². The van der Waals surface area contributed by atoms with Crippen LogP contribution >= 0.6 is 11.8 Å². The zero-order chi connectivity index (χ0) is 10.4. The van der Waals surface area contributed by atoms with Crippen LogP contribution in [0.3, 0.4) is 0 Å². The van der Waals surface area contributed by atoms with Crippen LogP contribution in [0.2, 0.25) is 0 Å². The molecule has 5 heteroatoms. The second-order valence-electron chi connectivity index (χ2n) is 3.22. The van der Waals surface area contributed by atoms with Crippen LogP contribution in [-0.2, 0) is 0 Å². The average molecular weight is 215 g/mol. The van der Waals surface area contributed by atoms with Gasteiger partial charge in [-0.1, -0.05) is 25.6 Å². The summed E-state index contributed by atoms with van der Waals surface area (Å²) < 4.78 is 5.27. The Hall–Kier alpha value is -0.550. The van der Waals surface area contributed by atoms with Crippen molar-refractivity contribution < 1.29 is 4.42 Å². The number of thioether (sulfide) groups is 1. The highest BCUT2D eigenvalue weighted by Gasteiger charge is 2.08. The van der Waals surface area contributed by atoms with E-state index in [9.17, 15) is 0 Å². The predicted molar refractivity (Wildman–Crippen MR) is 57.5 cm³/mol.